The van der Waals surface area contributed by atoms with E-state index in [2.05, 4.69) is 84.7 Å². The molecule has 49 heteroatoms. The number of phenolic OH excluding ortho intramolecular Hbond substituents is 3. The van der Waals surface area contributed by atoms with Crippen molar-refractivity contribution in [2.24, 2.45) is 34.6 Å². The van der Waals surface area contributed by atoms with Crippen LogP contribution in [0.25, 0.3) is 10.9 Å². The molecule has 144 heavy (non-hydrogen) atoms. The molecule has 0 saturated carbocycles. The molecule has 16 atom stereocenters. The number of para-hydroxylation sites is 1. The third-order valence-electron chi connectivity index (χ3n) is 23.4. The molecule has 1 saturated heterocycles. The van der Waals surface area contributed by atoms with E-state index in [9.17, 15) is 132 Å². The lowest BCUT2D eigenvalue weighted by atomic mass is 9.96. The first kappa shape index (κ1) is 115. The summed E-state index contributed by atoms with van der Waals surface area (Å²) in [6.07, 6.45) is -3.42. The Hall–Kier alpha value is -15.8. The number of nitrogens with two attached hydrogens (primary N) is 5. The van der Waals surface area contributed by atoms with Crippen LogP contribution in [-0.4, -0.2) is 300 Å². The molecule has 49 nitrogen and oxygen atoms in total. The number of aromatic amines is 1. The van der Waals surface area contributed by atoms with Crippen molar-refractivity contribution in [3.8, 4) is 17.2 Å². The Balaban J connectivity index is 1.01. The molecule has 7 rings (SSSR count). The summed E-state index contributed by atoms with van der Waals surface area (Å²) in [5.41, 5.74) is 31.9. The molecule has 0 aliphatic carbocycles. The number of carboxylic acid groups (broad SMARTS) is 2. The topological polar surface area (TPSA) is 813 Å². The van der Waals surface area contributed by atoms with Crippen molar-refractivity contribution < 1.29 is 132 Å². The van der Waals surface area contributed by atoms with Gasteiger partial charge < -0.3 is 154 Å². The summed E-state index contributed by atoms with van der Waals surface area (Å²) in [6, 6.07) is 7.71. The number of aliphatic hydroxyl groups is 2. The molecule has 780 valence electrons. The zero-order valence-corrected chi connectivity index (χ0v) is 79.5. The number of carbonyl (C=O) groups excluding carboxylic acids is 18. The van der Waals surface area contributed by atoms with E-state index in [1.165, 1.54) is 77.7 Å². The highest BCUT2D eigenvalue weighted by molar-refractivity contribution is 6.03. The van der Waals surface area contributed by atoms with E-state index in [-0.39, 0.29) is 106 Å². The average Bonchev–Trinajstić information content (AvgIpc) is 1.62. The first-order chi connectivity index (χ1) is 68.5. The Morgan fingerprint density at radius 2 is 0.799 bits per heavy atom. The number of nitrogens with zero attached hydrogens (tertiary/aromatic N) is 1. The van der Waals surface area contributed by atoms with Crippen LogP contribution in [0.1, 0.15) is 126 Å². The second kappa shape index (κ2) is 57.8. The predicted molar refractivity (Wildman–Crippen MR) is 514 cm³/mol. The van der Waals surface area contributed by atoms with Crippen LogP contribution in [0.4, 0.5) is 0 Å². The zero-order chi connectivity index (χ0) is 106. The third-order valence-corrected chi connectivity index (χ3v) is 23.4. The summed E-state index contributed by atoms with van der Waals surface area (Å²) in [6.45, 7) is 0.948. The summed E-state index contributed by atoms with van der Waals surface area (Å²) >= 11 is 0. The van der Waals surface area contributed by atoms with Gasteiger partial charge in [-0.2, -0.15) is 0 Å². The van der Waals surface area contributed by atoms with Crippen molar-refractivity contribution in [3.63, 3.8) is 0 Å². The fourth-order valence-electron chi connectivity index (χ4n) is 15.5. The van der Waals surface area contributed by atoms with Crippen molar-refractivity contribution in [1.29, 1.82) is 0 Å². The molecule has 1 aliphatic heterocycles. The lowest BCUT2D eigenvalue weighted by Gasteiger charge is -2.31. The van der Waals surface area contributed by atoms with Crippen LogP contribution < -0.4 is 108 Å². The van der Waals surface area contributed by atoms with Gasteiger partial charge in [0.2, 0.25) is 106 Å². The highest BCUT2D eigenvalue weighted by atomic mass is 16.4. The molecule has 1 fully saturated rings. The maximum atomic E-state index is 15.0. The molecule has 0 unspecified atom stereocenters. The maximum Gasteiger partial charge on any atom is 0.322 e. The van der Waals surface area contributed by atoms with Gasteiger partial charge >= 0.3 is 11.9 Å². The second-order valence-electron chi connectivity index (χ2n) is 34.7. The van der Waals surface area contributed by atoms with Crippen LogP contribution in [0.15, 0.2) is 134 Å². The number of primary amides is 2. The number of aliphatic carboxylic acids is 2. The van der Waals surface area contributed by atoms with E-state index in [1.54, 1.807) is 50.4 Å². The van der Waals surface area contributed by atoms with Gasteiger partial charge in [-0.05, 0) is 154 Å². The molecular formula is C95H128N22O27. The standard InChI is InChI=1S/C95H128N22O27/c1-4-50(2)80(115-82(131)61(98)41-56-45-101-62-18-9-8-17-60(56)62)93(142)114-71(40-55-26-32-59(122)33-27-55)95(144)117-36-14-21-73(117)92(141)103-47-77(126)106-72(49-118)84(133)102-46-76(125)105-68(42-74(99)123)91(140)116-81(51(3)119)94(143)113-67(39-54-24-30-58(121)31-25-54)88(137)110-66(38-53-22-28-57(120)29-23-53)87(136)111-69(43-75(100)124)89(138)112-70(44-78(127)128)90(139)108-64(20-11-13-35-97)85(134)109-65(37-52-15-6-5-7-16-52)86(135)107-63(19-10-12-34-96)83(132)104-48-79(129)130/h5-9,15-18,22-33,45,50-51,61,63-73,80-81,101,118-122H,4,10-14,19-21,34-44,46-49,96-98H2,1-3H3,(H2,99,123)(H2,100,124)(H,102,133)(H,103,141)(H,104,132)(H,105,125)(H,106,126)(H,107,135)(H,108,139)(H,109,134)(H,110,137)(H,111,136)(H,112,138)(H,113,143)(H,114,142)(H,115,131)(H,116,140)(H,127,128)(H,129,130)/t50-,51+,61-,63-,64-,65-,66-,67-,68-,69-,70-,71-,72-,73-,80-,81-/m0/s1. The Labute approximate surface area is 826 Å². The van der Waals surface area contributed by atoms with Crippen molar-refractivity contribution in [2.75, 3.05) is 45.9 Å². The largest absolute Gasteiger partial charge is 0.508 e. The number of fused-ring (bicyclic) bond motifs is 1. The number of benzene rings is 5. The number of amides is 18. The van der Waals surface area contributed by atoms with Crippen molar-refractivity contribution in [3.05, 3.63) is 161 Å². The first-order valence-electron chi connectivity index (χ1n) is 46.6. The molecule has 0 spiro atoms. The Kier molecular flexibility index (Phi) is 46.3. The zero-order valence-electron chi connectivity index (χ0n) is 79.5. The van der Waals surface area contributed by atoms with Crippen LogP contribution in [0.5, 0.6) is 17.2 Å². The van der Waals surface area contributed by atoms with E-state index in [0.717, 1.165) is 23.4 Å². The SMILES string of the molecule is CC[C@H](C)[C@H](NC(=O)[C@@H](N)Cc1c[nH]c2ccccc12)C(=O)N[C@@H](Cc1ccc(O)cc1)C(=O)N1CCC[C@H]1C(=O)NCC(=O)N[C@@H](CO)C(=O)NCC(=O)N[C@@H](CC(N)=O)C(=O)N[C@H](C(=O)N[C@@H](Cc1ccc(O)cc1)C(=O)N[C@@H](Cc1ccc(O)cc1)C(=O)N[C@@H](CC(N)=O)C(=O)N[C@@H](CC(=O)O)C(=O)N[C@@H](CCCCN)C(=O)N[C@@H](Cc1ccccc1)C(=O)N[C@@H](CCCCN)C(=O)NCC(=O)O)[C@@H](C)O. The summed E-state index contributed by atoms with van der Waals surface area (Å²) in [4.78, 5) is 281. The number of nitrogens with one attached hydrogen (secondary N) is 16. The fraction of sp³-hybridized carbons (Fsp3) is 0.453. The van der Waals surface area contributed by atoms with Gasteiger partial charge in [-0.3, -0.25) is 95.9 Å². The molecule has 33 N–H and O–H groups in total. The maximum absolute atomic E-state index is 15.0. The van der Waals surface area contributed by atoms with Gasteiger partial charge in [0.1, 0.15) is 102 Å². The number of phenols is 3. The fourth-order valence-corrected chi connectivity index (χ4v) is 15.5. The molecule has 0 bridgehead atoms. The monoisotopic (exact) mass is 2010 g/mol. The van der Waals surface area contributed by atoms with Gasteiger partial charge in [0.05, 0.1) is 51.1 Å². The number of hydrogen-bond acceptors (Lipinski definition) is 28. The van der Waals surface area contributed by atoms with E-state index < -0.39 is 273 Å². The molecule has 1 aliphatic rings. The van der Waals surface area contributed by atoms with Gasteiger partial charge in [0.25, 0.3) is 0 Å². The normalized spacial score (nSPS) is 15.3. The van der Waals surface area contributed by atoms with Crippen LogP contribution >= 0.6 is 0 Å². The van der Waals surface area contributed by atoms with Gasteiger partial charge in [-0.1, -0.05) is 105 Å². The second-order valence-corrected chi connectivity index (χ2v) is 34.7. The van der Waals surface area contributed by atoms with Crippen LogP contribution in [0.3, 0.4) is 0 Å². The smallest absolute Gasteiger partial charge is 0.322 e. The van der Waals surface area contributed by atoms with Crippen molar-refractivity contribution in [2.45, 2.75) is 221 Å². The number of hydrogen-bond donors (Lipinski definition) is 28. The van der Waals surface area contributed by atoms with E-state index in [4.69, 9.17) is 28.7 Å². The van der Waals surface area contributed by atoms with Crippen LogP contribution in [-0.2, 0) is 128 Å². The average molecular weight is 2010 g/mol. The minimum atomic E-state index is -2.17. The number of unbranched alkanes of at least 4 members (excludes halogenated alkanes) is 2. The molecule has 5 aromatic carbocycles. The predicted octanol–water partition coefficient (Wildman–Crippen LogP) is -6.73. The number of H-pyrrole nitrogens is 1. The number of carbonyl (C=O) groups is 20. The number of rotatable bonds is 60. The summed E-state index contributed by atoms with van der Waals surface area (Å²) in [7, 11) is 0. The minimum absolute atomic E-state index is 0.00815. The molecule has 1 aromatic heterocycles. The van der Waals surface area contributed by atoms with Crippen molar-refractivity contribution in [1.82, 2.24) is 89.6 Å². The van der Waals surface area contributed by atoms with Crippen LogP contribution in [0, 0.1) is 5.92 Å². The Morgan fingerprint density at radius 1 is 0.410 bits per heavy atom. The third kappa shape index (κ3) is 37.7. The summed E-state index contributed by atoms with van der Waals surface area (Å²) in [5, 5.41) is 108. The lowest BCUT2D eigenvalue weighted by molar-refractivity contribution is -0.142. The lowest BCUT2D eigenvalue weighted by Crippen LogP contribution is -2.62. The minimum Gasteiger partial charge on any atom is -0.508 e. The first-order valence-corrected chi connectivity index (χ1v) is 46.6. The number of aromatic nitrogens is 1. The van der Waals surface area contributed by atoms with Crippen molar-refractivity contribution >= 4 is 129 Å². The summed E-state index contributed by atoms with van der Waals surface area (Å²) < 4.78 is 0. The molecular weight excluding hydrogens is 1880 g/mol. The molecule has 0 radical (unpaired) electrons. The molecule has 6 aromatic rings. The highest BCUT2D eigenvalue weighted by Crippen LogP contribution is 2.25. The molecule has 18 amide bonds. The Morgan fingerprint density at radius 3 is 1.28 bits per heavy atom. The van der Waals surface area contributed by atoms with Crippen LogP contribution in [0.2, 0.25) is 0 Å². The van der Waals surface area contributed by atoms with E-state index >= 15 is 0 Å². The van der Waals surface area contributed by atoms with Gasteiger partial charge in [-0.25, -0.2) is 0 Å². The molecule has 2 heterocycles. The number of likely N-dealkylation sites (tertiary alicyclic amines) is 1. The van der Waals surface area contributed by atoms with Gasteiger partial charge in [0, 0.05) is 49.3 Å². The van der Waals surface area contributed by atoms with Gasteiger partial charge in [0.15, 0.2) is 0 Å². The van der Waals surface area contributed by atoms with Gasteiger partial charge in [-0.15, -0.1) is 0 Å². The van der Waals surface area contributed by atoms with E-state index in [1.807, 2.05) is 24.3 Å². The number of aliphatic hydroxyl groups excluding tert-OH is 2. The van der Waals surface area contributed by atoms with E-state index in [0.29, 0.717) is 30.4 Å². The quantitative estimate of drug-likeness (QED) is 0.0158. The number of carboxylic acids is 2. The summed E-state index contributed by atoms with van der Waals surface area (Å²) in [5.74, 6) is -24.4. The Bertz CT molecular complexity index is 5460. The number of aromatic hydroxyl groups is 3. The highest BCUT2D eigenvalue weighted by Gasteiger charge is 2.43.